The Labute approximate surface area is 175 Å². The highest BCUT2D eigenvalue weighted by molar-refractivity contribution is 7.90. The zero-order valence-electron chi connectivity index (χ0n) is 15.8. The number of para-hydroxylation sites is 2. The molecule has 0 radical (unpaired) electrons. The Morgan fingerprint density at radius 2 is 1.87 bits per heavy atom. The SMILES string of the molecule is O=c1c(C2=NS(=O)(=O)c3ccccc3N2)c(O)c2ccccc2n1N=Cc1ccoc1. The number of anilines is 1. The Morgan fingerprint density at radius 1 is 1.10 bits per heavy atom. The predicted octanol–water partition coefficient (Wildman–Crippen LogP) is 2.74. The van der Waals surface area contributed by atoms with E-state index in [1.807, 2.05) is 0 Å². The summed E-state index contributed by atoms with van der Waals surface area (Å²) < 4.78 is 35.1. The number of amidine groups is 1. The van der Waals surface area contributed by atoms with Gasteiger partial charge in [0.25, 0.3) is 15.6 Å². The van der Waals surface area contributed by atoms with Gasteiger partial charge < -0.3 is 14.8 Å². The minimum absolute atomic E-state index is 0.0164. The third-order valence-electron chi connectivity index (χ3n) is 4.76. The smallest absolute Gasteiger partial charge is 0.286 e. The van der Waals surface area contributed by atoms with Gasteiger partial charge >= 0.3 is 0 Å². The van der Waals surface area contributed by atoms with Crippen molar-refractivity contribution in [2.45, 2.75) is 4.90 Å². The van der Waals surface area contributed by atoms with Crippen molar-refractivity contribution in [3.8, 4) is 5.75 Å². The van der Waals surface area contributed by atoms with Gasteiger partial charge in [0.1, 0.15) is 16.2 Å². The summed E-state index contributed by atoms with van der Waals surface area (Å²) in [4.78, 5) is 13.3. The number of fused-ring (bicyclic) bond motifs is 2. The Bertz CT molecular complexity index is 1550. The van der Waals surface area contributed by atoms with Crippen LogP contribution in [-0.2, 0) is 10.0 Å². The molecule has 1 aliphatic heterocycles. The molecule has 9 nitrogen and oxygen atoms in total. The van der Waals surface area contributed by atoms with Gasteiger partial charge in [0.05, 0.1) is 29.9 Å². The summed E-state index contributed by atoms with van der Waals surface area (Å²) in [6, 6.07) is 14.4. The van der Waals surface area contributed by atoms with E-state index in [0.29, 0.717) is 16.5 Å². The number of hydrogen-bond acceptors (Lipinski definition) is 7. The van der Waals surface area contributed by atoms with Gasteiger partial charge in [0.15, 0.2) is 5.84 Å². The lowest BCUT2D eigenvalue weighted by atomic mass is 10.1. The number of nitrogens with zero attached hydrogens (tertiary/aromatic N) is 3. The Morgan fingerprint density at radius 3 is 2.68 bits per heavy atom. The maximum Gasteiger partial charge on any atom is 0.286 e. The van der Waals surface area contributed by atoms with Crippen molar-refractivity contribution < 1.29 is 17.9 Å². The van der Waals surface area contributed by atoms with Gasteiger partial charge in [-0.05, 0) is 30.3 Å². The lowest BCUT2D eigenvalue weighted by molar-refractivity contribution is 0.478. The Kier molecular flexibility index (Phi) is 4.22. The lowest BCUT2D eigenvalue weighted by Gasteiger charge is -2.19. The average Bonchev–Trinajstić information content (AvgIpc) is 3.27. The van der Waals surface area contributed by atoms with E-state index in [1.54, 1.807) is 48.5 Å². The molecule has 0 saturated heterocycles. The molecule has 2 aromatic carbocycles. The Hall–Kier alpha value is -4.18. The van der Waals surface area contributed by atoms with Gasteiger partial charge in [-0.1, -0.05) is 24.3 Å². The highest BCUT2D eigenvalue weighted by atomic mass is 32.2. The van der Waals surface area contributed by atoms with Crippen molar-refractivity contribution in [3.63, 3.8) is 0 Å². The van der Waals surface area contributed by atoms with Crippen LogP contribution in [-0.4, -0.2) is 30.3 Å². The van der Waals surface area contributed by atoms with Crippen molar-refractivity contribution in [3.05, 3.63) is 88.6 Å². The van der Waals surface area contributed by atoms with Crippen LogP contribution in [0.15, 0.2) is 90.7 Å². The third-order valence-corrected chi connectivity index (χ3v) is 6.10. The molecule has 154 valence electrons. The van der Waals surface area contributed by atoms with E-state index in [1.165, 1.54) is 24.8 Å². The molecule has 0 spiro atoms. The van der Waals surface area contributed by atoms with E-state index in [-0.39, 0.29) is 22.0 Å². The van der Waals surface area contributed by atoms with Crippen molar-refractivity contribution in [1.29, 1.82) is 0 Å². The molecule has 10 heteroatoms. The molecule has 0 saturated carbocycles. The van der Waals surface area contributed by atoms with E-state index < -0.39 is 21.3 Å². The van der Waals surface area contributed by atoms with Gasteiger partial charge in [-0.15, -0.1) is 4.40 Å². The maximum absolute atomic E-state index is 13.3. The summed E-state index contributed by atoms with van der Waals surface area (Å²) in [5.41, 5.74) is 0.175. The molecule has 0 amide bonds. The molecule has 5 rings (SSSR count). The monoisotopic (exact) mass is 434 g/mol. The maximum atomic E-state index is 13.3. The van der Waals surface area contributed by atoms with Crippen molar-refractivity contribution in [2.75, 3.05) is 5.32 Å². The van der Waals surface area contributed by atoms with Crippen LogP contribution in [0.25, 0.3) is 10.9 Å². The number of benzene rings is 2. The van der Waals surface area contributed by atoms with Crippen LogP contribution in [0.2, 0.25) is 0 Å². The quantitative estimate of drug-likeness (QED) is 0.478. The first-order valence-corrected chi connectivity index (χ1v) is 10.5. The molecule has 0 bridgehead atoms. The fourth-order valence-electron chi connectivity index (χ4n) is 3.33. The standard InChI is InChI=1S/C21H14N4O5S/c26-19-14-5-1-3-7-16(14)25(22-11-13-9-10-30-12-13)21(27)18(19)20-23-15-6-2-4-8-17(15)31(28,29)24-20/h1-12,26H,(H,23,24). The summed E-state index contributed by atoms with van der Waals surface area (Å²) >= 11 is 0. The van der Waals surface area contributed by atoms with Crippen molar-refractivity contribution in [2.24, 2.45) is 9.50 Å². The second-order valence-corrected chi connectivity index (χ2v) is 8.27. The second kappa shape index (κ2) is 6.96. The van der Waals surface area contributed by atoms with Crippen LogP contribution >= 0.6 is 0 Å². The van der Waals surface area contributed by atoms with Crippen molar-refractivity contribution in [1.82, 2.24) is 4.68 Å². The van der Waals surface area contributed by atoms with E-state index in [9.17, 15) is 18.3 Å². The summed E-state index contributed by atoms with van der Waals surface area (Å²) in [5, 5.41) is 18.3. The third kappa shape index (κ3) is 3.09. The summed E-state index contributed by atoms with van der Waals surface area (Å²) in [6.07, 6.45) is 4.34. The first kappa shape index (κ1) is 18.8. The molecule has 0 atom stereocenters. The predicted molar refractivity (Wildman–Crippen MR) is 115 cm³/mol. The number of furan rings is 1. The van der Waals surface area contributed by atoms with Gasteiger partial charge in [-0.2, -0.15) is 18.2 Å². The number of rotatable bonds is 3. The molecule has 0 aliphatic carbocycles. The van der Waals surface area contributed by atoms with E-state index >= 15 is 0 Å². The van der Waals surface area contributed by atoms with Crippen LogP contribution < -0.4 is 10.9 Å². The summed E-state index contributed by atoms with van der Waals surface area (Å²) in [6.45, 7) is 0. The molecular weight excluding hydrogens is 420 g/mol. The topological polar surface area (TPSA) is 126 Å². The largest absolute Gasteiger partial charge is 0.506 e. The van der Waals surface area contributed by atoms with E-state index in [4.69, 9.17) is 4.42 Å². The van der Waals surface area contributed by atoms with Crippen LogP contribution in [0.5, 0.6) is 5.75 Å². The van der Waals surface area contributed by atoms with Crippen LogP contribution in [0.1, 0.15) is 11.1 Å². The van der Waals surface area contributed by atoms with E-state index in [2.05, 4.69) is 14.8 Å². The molecule has 3 heterocycles. The Balaban J connectivity index is 1.77. The number of aromatic hydroxyl groups is 1. The van der Waals surface area contributed by atoms with Gasteiger partial charge in [0, 0.05) is 10.9 Å². The van der Waals surface area contributed by atoms with Gasteiger partial charge in [-0.25, -0.2) is 0 Å². The highest BCUT2D eigenvalue weighted by Crippen LogP contribution is 2.32. The molecule has 2 N–H and O–H groups in total. The minimum atomic E-state index is -4.07. The highest BCUT2D eigenvalue weighted by Gasteiger charge is 2.29. The molecule has 0 fully saturated rings. The van der Waals surface area contributed by atoms with Crippen LogP contribution in [0, 0.1) is 0 Å². The lowest BCUT2D eigenvalue weighted by Crippen LogP contribution is -2.31. The van der Waals surface area contributed by atoms with Gasteiger partial charge in [-0.3, -0.25) is 4.79 Å². The number of hydrogen-bond donors (Lipinski definition) is 2. The summed E-state index contributed by atoms with van der Waals surface area (Å²) in [7, 11) is -4.07. The molecular formula is C21H14N4O5S. The second-order valence-electron chi connectivity index (χ2n) is 6.70. The molecule has 2 aromatic heterocycles. The number of sulfonamides is 1. The van der Waals surface area contributed by atoms with E-state index in [0.717, 1.165) is 4.68 Å². The zero-order chi connectivity index (χ0) is 21.6. The average molecular weight is 434 g/mol. The fourth-order valence-corrected chi connectivity index (χ4v) is 4.46. The zero-order valence-corrected chi connectivity index (χ0v) is 16.6. The number of pyridine rings is 1. The molecule has 1 aliphatic rings. The van der Waals surface area contributed by atoms with Crippen LogP contribution in [0.3, 0.4) is 0 Å². The first-order valence-electron chi connectivity index (χ1n) is 9.10. The molecule has 31 heavy (non-hydrogen) atoms. The first-order chi connectivity index (χ1) is 15.0. The fraction of sp³-hybridized carbons (Fsp3) is 0. The number of aromatic nitrogens is 1. The minimum Gasteiger partial charge on any atom is -0.506 e. The molecule has 0 unspecified atom stereocenters. The van der Waals surface area contributed by atoms with Gasteiger partial charge in [0.2, 0.25) is 0 Å². The summed E-state index contributed by atoms with van der Waals surface area (Å²) in [5.74, 6) is -0.671. The van der Waals surface area contributed by atoms with Crippen LogP contribution in [0.4, 0.5) is 5.69 Å². The van der Waals surface area contributed by atoms with Crippen molar-refractivity contribution >= 4 is 38.7 Å². The number of nitrogens with one attached hydrogen (secondary N) is 1. The molecule has 4 aromatic rings. The normalized spacial score (nSPS) is 14.9.